The Labute approximate surface area is 190 Å². The fourth-order valence-corrected chi connectivity index (χ4v) is 3.19. The fourth-order valence-electron chi connectivity index (χ4n) is 3.19. The van der Waals surface area contributed by atoms with Gasteiger partial charge in [0.25, 0.3) is 5.91 Å². The number of rotatable bonds is 6. The Bertz CT molecular complexity index is 1350. The number of ether oxygens (including phenoxy) is 1. The standard InChI is InChI=1S/C26H21N3O4/c1-16-17(2)28-23-14-20(10-13-22(23)27-16)26(32)33-15-24(30)18-8-11-21(12-9-18)29-25(31)19-6-4-3-5-7-19/h3-14H,15H2,1-2H3,(H,29,31). The molecule has 0 atom stereocenters. The minimum Gasteiger partial charge on any atom is -0.454 e. The number of anilines is 1. The molecule has 0 spiro atoms. The number of fused-ring (bicyclic) bond motifs is 1. The highest BCUT2D eigenvalue weighted by molar-refractivity contribution is 6.05. The summed E-state index contributed by atoms with van der Waals surface area (Å²) in [6.45, 7) is 3.33. The second kappa shape index (κ2) is 9.40. The van der Waals surface area contributed by atoms with Gasteiger partial charge >= 0.3 is 5.97 Å². The number of esters is 1. The van der Waals surface area contributed by atoms with E-state index < -0.39 is 12.6 Å². The Morgan fingerprint density at radius 2 is 1.39 bits per heavy atom. The molecular weight excluding hydrogens is 418 g/mol. The third-order valence-electron chi connectivity index (χ3n) is 5.15. The first-order valence-corrected chi connectivity index (χ1v) is 10.3. The number of nitrogens with one attached hydrogen (secondary N) is 1. The van der Waals surface area contributed by atoms with Crippen LogP contribution in [-0.4, -0.2) is 34.2 Å². The van der Waals surface area contributed by atoms with Crippen LogP contribution in [0.15, 0.2) is 72.8 Å². The normalized spacial score (nSPS) is 10.6. The van der Waals surface area contributed by atoms with Gasteiger partial charge in [-0.25, -0.2) is 14.8 Å². The summed E-state index contributed by atoms with van der Waals surface area (Å²) in [5.74, 6) is -1.21. The number of nitrogens with zero attached hydrogens (tertiary/aromatic N) is 2. The Morgan fingerprint density at radius 1 is 0.758 bits per heavy atom. The molecule has 1 N–H and O–H groups in total. The molecule has 7 heteroatoms. The number of hydrogen-bond donors (Lipinski definition) is 1. The first-order chi connectivity index (χ1) is 15.9. The first-order valence-electron chi connectivity index (χ1n) is 10.3. The largest absolute Gasteiger partial charge is 0.454 e. The molecule has 1 aromatic heterocycles. The highest BCUT2D eigenvalue weighted by Gasteiger charge is 2.14. The Hall–Kier alpha value is -4.39. The molecule has 0 aliphatic rings. The molecule has 3 aromatic carbocycles. The summed E-state index contributed by atoms with van der Waals surface area (Å²) in [7, 11) is 0. The number of carbonyl (C=O) groups is 3. The third kappa shape index (κ3) is 5.10. The molecule has 33 heavy (non-hydrogen) atoms. The average Bonchev–Trinajstić information content (AvgIpc) is 2.83. The van der Waals surface area contributed by atoms with Crippen molar-refractivity contribution in [1.29, 1.82) is 0 Å². The molecule has 0 bridgehead atoms. The van der Waals surface area contributed by atoms with Gasteiger partial charge in [0.2, 0.25) is 0 Å². The maximum absolute atomic E-state index is 12.4. The molecule has 0 radical (unpaired) electrons. The minimum absolute atomic E-state index is 0.242. The summed E-state index contributed by atoms with van der Waals surface area (Å²) in [5, 5.41) is 2.77. The molecule has 0 aliphatic heterocycles. The molecule has 4 aromatic rings. The van der Waals surface area contributed by atoms with Crippen molar-refractivity contribution in [2.24, 2.45) is 0 Å². The van der Waals surface area contributed by atoms with Gasteiger partial charge in [-0.1, -0.05) is 18.2 Å². The van der Waals surface area contributed by atoms with E-state index in [1.165, 1.54) is 0 Å². The smallest absolute Gasteiger partial charge is 0.338 e. The summed E-state index contributed by atoms with van der Waals surface area (Å²) in [4.78, 5) is 46.0. The second-order valence-electron chi connectivity index (χ2n) is 7.49. The highest BCUT2D eigenvalue weighted by Crippen LogP contribution is 2.16. The van der Waals surface area contributed by atoms with Crippen LogP contribution in [0.4, 0.5) is 5.69 Å². The van der Waals surface area contributed by atoms with E-state index in [1.54, 1.807) is 66.7 Å². The second-order valence-corrected chi connectivity index (χ2v) is 7.49. The topological polar surface area (TPSA) is 98.2 Å². The molecule has 0 saturated carbocycles. The zero-order valence-electron chi connectivity index (χ0n) is 18.2. The van der Waals surface area contributed by atoms with Gasteiger partial charge in [-0.05, 0) is 68.4 Å². The molecule has 0 aliphatic carbocycles. The van der Waals surface area contributed by atoms with Gasteiger partial charge in [0, 0.05) is 16.8 Å². The van der Waals surface area contributed by atoms with E-state index in [1.807, 2.05) is 19.9 Å². The molecule has 0 unspecified atom stereocenters. The van der Waals surface area contributed by atoms with Crippen LogP contribution >= 0.6 is 0 Å². The molecule has 4 rings (SSSR count). The molecule has 0 fully saturated rings. The first kappa shape index (κ1) is 21.8. The van der Waals surface area contributed by atoms with Crippen LogP contribution in [0.5, 0.6) is 0 Å². The number of ketones is 1. The van der Waals surface area contributed by atoms with Gasteiger partial charge in [0.15, 0.2) is 12.4 Å². The van der Waals surface area contributed by atoms with Crippen LogP contribution < -0.4 is 5.32 Å². The van der Waals surface area contributed by atoms with E-state index in [-0.39, 0.29) is 11.7 Å². The van der Waals surface area contributed by atoms with Gasteiger partial charge in [-0.3, -0.25) is 9.59 Å². The maximum Gasteiger partial charge on any atom is 0.338 e. The Balaban J connectivity index is 1.36. The van der Waals surface area contributed by atoms with E-state index in [0.717, 1.165) is 11.4 Å². The summed E-state index contributed by atoms with van der Waals surface area (Å²) < 4.78 is 5.19. The van der Waals surface area contributed by atoms with Gasteiger partial charge in [-0.15, -0.1) is 0 Å². The van der Waals surface area contributed by atoms with Crippen LogP contribution in [0.1, 0.15) is 42.5 Å². The van der Waals surface area contributed by atoms with Crippen molar-refractivity contribution in [3.63, 3.8) is 0 Å². The van der Waals surface area contributed by atoms with Crippen LogP contribution in [0.2, 0.25) is 0 Å². The quantitative estimate of drug-likeness (QED) is 0.350. The summed E-state index contributed by atoms with van der Waals surface area (Å²) in [5.41, 5.74) is 4.65. The lowest BCUT2D eigenvalue weighted by Crippen LogP contribution is -2.15. The van der Waals surface area contributed by atoms with E-state index in [2.05, 4.69) is 15.3 Å². The van der Waals surface area contributed by atoms with E-state index in [4.69, 9.17) is 4.74 Å². The molecule has 164 valence electrons. The monoisotopic (exact) mass is 439 g/mol. The van der Waals surface area contributed by atoms with Crippen molar-refractivity contribution in [1.82, 2.24) is 9.97 Å². The van der Waals surface area contributed by atoms with Crippen molar-refractivity contribution in [2.45, 2.75) is 13.8 Å². The Morgan fingerprint density at radius 3 is 2.09 bits per heavy atom. The number of carbonyl (C=O) groups excluding carboxylic acids is 3. The van der Waals surface area contributed by atoms with Crippen LogP contribution in [0.3, 0.4) is 0 Å². The number of benzene rings is 3. The zero-order chi connectivity index (χ0) is 23.4. The van der Waals surface area contributed by atoms with Gasteiger partial charge in [0.05, 0.1) is 28.0 Å². The van der Waals surface area contributed by atoms with Gasteiger partial charge < -0.3 is 10.1 Å². The van der Waals surface area contributed by atoms with Crippen molar-refractivity contribution in [3.05, 3.63) is 101 Å². The predicted molar refractivity (Wildman–Crippen MR) is 124 cm³/mol. The summed E-state index contributed by atoms with van der Waals surface area (Å²) >= 11 is 0. The molecule has 7 nitrogen and oxygen atoms in total. The summed E-state index contributed by atoms with van der Waals surface area (Å²) in [6, 6.07) is 20.1. The van der Waals surface area contributed by atoms with E-state index >= 15 is 0 Å². The average molecular weight is 439 g/mol. The number of hydrogen-bond acceptors (Lipinski definition) is 6. The van der Waals surface area contributed by atoms with Crippen LogP contribution in [0, 0.1) is 13.8 Å². The van der Waals surface area contributed by atoms with Gasteiger partial charge in [-0.2, -0.15) is 0 Å². The number of Topliss-reactive ketones (excluding diaryl/α,β-unsaturated/α-hetero) is 1. The van der Waals surface area contributed by atoms with E-state index in [9.17, 15) is 14.4 Å². The highest BCUT2D eigenvalue weighted by atomic mass is 16.5. The van der Waals surface area contributed by atoms with E-state index in [0.29, 0.717) is 33.4 Å². The lowest BCUT2D eigenvalue weighted by Gasteiger charge is -2.08. The molecule has 1 heterocycles. The van der Waals surface area contributed by atoms with Gasteiger partial charge in [0.1, 0.15) is 0 Å². The lowest BCUT2D eigenvalue weighted by atomic mass is 10.1. The van der Waals surface area contributed by atoms with Crippen LogP contribution in [-0.2, 0) is 4.74 Å². The van der Waals surface area contributed by atoms with Crippen LogP contribution in [0.25, 0.3) is 11.0 Å². The zero-order valence-corrected chi connectivity index (χ0v) is 18.2. The predicted octanol–water partition coefficient (Wildman–Crippen LogP) is 4.54. The summed E-state index contributed by atoms with van der Waals surface area (Å²) in [6.07, 6.45) is 0. The van der Waals surface area contributed by atoms with Crippen molar-refractivity contribution in [3.8, 4) is 0 Å². The SMILES string of the molecule is Cc1nc2ccc(C(=O)OCC(=O)c3ccc(NC(=O)c4ccccc4)cc3)cc2nc1C. The minimum atomic E-state index is -0.614. The molecule has 0 saturated heterocycles. The fraction of sp³-hybridized carbons (Fsp3) is 0.115. The van der Waals surface area contributed by atoms with Crippen molar-refractivity contribution < 1.29 is 19.1 Å². The molecular formula is C26H21N3O4. The third-order valence-corrected chi connectivity index (χ3v) is 5.15. The van der Waals surface area contributed by atoms with Crippen molar-refractivity contribution >= 4 is 34.4 Å². The number of aryl methyl sites for hydroxylation is 2. The molecule has 1 amide bonds. The van der Waals surface area contributed by atoms with Crippen molar-refractivity contribution in [2.75, 3.05) is 11.9 Å². The number of amides is 1. The Kier molecular flexibility index (Phi) is 6.22. The maximum atomic E-state index is 12.4. The number of aromatic nitrogens is 2. The lowest BCUT2D eigenvalue weighted by molar-refractivity contribution is 0.0475.